The first kappa shape index (κ1) is 18.8. The smallest absolute Gasteiger partial charge is 0.253 e. The van der Waals surface area contributed by atoms with Gasteiger partial charge >= 0.3 is 0 Å². The van der Waals surface area contributed by atoms with Crippen molar-refractivity contribution in [3.8, 4) is 22.6 Å². The summed E-state index contributed by atoms with van der Waals surface area (Å²) >= 11 is 0. The number of nitrogens with zero attached hydrogens (tertiary/aromatic N) is 1. The molecule has 1 N–H and O–H groups in total. The minimum atomic E-state index is -0.0668. The Morgan fingerprint density at radius 3 is 2.63 bits per heavy atom. The molecule has 27 heavy (non-hydrogen) atoms. The van der Waals surface area contributed by atoms with E-state index in [-0.39, 0.29) is 17.9 Å². The summed E-state index contributed by atoms with van der Waals surface area (Å²) in [6.07, 6.45) is 0.775. The molecule has 3 rings (SSSR count). The molecule has 1 heterocycles. The number of ether oxygens (including phenoxy) is 2. The molecule has 6 heteroatoms. The third-order valence-electron chi connectivity index (χ3n) is 4.71. The van der Waals surface area contributed by atoms with E-state index in [1.807, 2.05) is 42.5 Å². The SMILES string of the molecule is COc1ccc(-c2cccc(C(=O)N3CCC(NC(C)=O)C3)c2)c(OC)c1. The zero-order valence-corrected chi connectivity index (χ0v) is 15.8. The summed E-state index contributed by atoms with van der Waals surface area (Å²) in [5.74, 6) is 1.30. The van der Waals surface area contributed by atoms with Gasteiger partial charge in [0.15, 0.2) is 0 Å². The predicted molar refractivity (Wildman–Crippen MR) is 103 cm³/mol. The highest BCUT2D eigenvalue weighted by molar-refractivity contribution is 5.96. The van der Waals surface area contributed by atoms with Crippen LogP contribution in [0.25, 0.3) is 11.1 Å². The monoisotopic (exact) mass is 368 g/mol. The van der Waals surface area contributed by atoms with Gasteiger partial charge in [-0.2, -0.15) is 0 Å². The Balaban J connectivity index is 1.82. The van der Waals surface area contributed by atoms with Gasteiger partial charge in [-0.15, -0.1) is 0 Å². The summed E-state index contributed by atoms with van der Waals surface area (Å²) in [7, 11) is 3.22. The fourth-order valence-electron chi connectivity index (χ4n) is 3.39. The lowest BCUT2D eigenvalue weighted by Crippen LogP contribution is -2.37. The summed E-state index contributed by atoms with van der Waals surface area (Å²) in [4.78, 5) is 25.9. The van der Waals surface area contributed by atoms with Crippen LogP contribution < -0.4 is 14.8 Å². The summed E-state index contributed by atoms with van der Waals surface area (Å²) in [6, 6.07) is 13.1. The largest absolute Gasteiger partial charge is 0.497 e. The van der Waals surface area contributed by atoms with E-state index < -0.39 is 0 Å². The quantitative estimate of drug-likeness (QED) is 0.881. The number of carbonyl (C=O) groups excluding carboxylic acids is 2. The number of hydrogen-bond acceptors (Lipinski definition) is 4. The van der Waals surface area contributed by atoms with Crippen LogP contribution in [0.4, 0.5) is 0 Å². The molecule has 0 bridgehead atoms. The number of likely N-dealkylation sites (tertiary alicyclic amines) is 1. The van der Waals surface area contributed by atoms with E-state index >= 15 is 0 Å². The molecule has 1 aliphatic rings. The molecule has 1 saturated heterocycles. The highest BCUT2D eigenvalue weighted by atomic mass is 16.5. The van der Waals surface area contributed by atoms with Gasteiger partial charge in [0, 0.05) is 43.2 Å². The Morgan fingerprint density at radius 1 is 1.11 bits per heavy atom. The first-order valence-electron chi connectivity index (χ1n) is 8.90. The van der Waals surface area contributed by atoms with Crippen molar-refractivity contribution in [1.29, 1.82) is 0 Å². The van der Waals surface area contributed by atoms with Crippen molar-refractivity contribution in [2.24, 2.45) is 0 Å². The van der Waals surface area contributed by atoms with E-state index in [0.717, 1.165) is 17.5 Å². The van der Waals surface area contributed by atoms with Crippen LogP contribution in [0.2, 0.25) is 0 Å². The predicted octanol–water partition coefficient (Wildman–Crippen LogP) is 2.72. The first-order valence-corrected chi connectivity index (χ1v) is 8.90. The van der Waals surface area contributed by atoms with Gasteiger partial charge in [-0.1, -0.05) is 12.1 Å². The van der Waals surface area contributed by atoms with Crippen molar-refractivity contribution in [3.05, 3.63) is 48.0 Å². The average molecular weight is 368 g/mol. The van der Waals surface area contributed by atoms with Gasteiger partial charge in [-0.25, -0.2) is 0 Å². The van der Waals surface area contributed by atoms with Gasteiger partial charge in [0.1, 0.15) is 11.5 Å². The second-order valence-corrected chi connectivity index (χ2v) is 6.58. The van der Waals surface area contributed by atoms with E-state index in [9.17, 15) is 9.59 Å². The van der Waals surface area contributed by atoms with Gasteiger partial charge in [-0.3, -0.25) is 9.59 Å². The molecule has 1 fully saturated rings. The maximum absolute atomic E-state index is 12.9. The normalized spacial score (nSPS) is 16.1. The Hall–Kier alpha value is -3.02. The van der Waals surface area contributed by atoms with Crippen molar-refractivity contribution in [3.63, 3.8) is 0 Å². The fourth-order valence-corrected chi connectivity index (χ4v) is 3.39. The van der Waals surface area contributed by atoms with Crippen LogP contribution in [0.15, 0.2) is 42.5 Å². The van der Waals surface area contributed by atoms with Crippen LogP contribution in [0, 0.1) is 0 Å². The summed E-state index contributed by atoms with van der Waals surface area (Å²) in [5.41, 5.74) is 2.41. The molecule has 0 saturated carbocycles. The maximum atomic E-state index is 12.9. The molecule has 1 aliphatic heterocycles. The van der Waals surface area contributed by atoms with E-state index in [0.29, 0.717) is 30.2 Å². The van der Waals surface area contributed by atoms with Crippen LogP contribution in [0.5, 0.6) is 11.5 Å². The van der Waals surface area contributed by atoms with Crippen molar-refractivity contribution in [2.45, 2.75) is 19.4 Å². The minimum Gasteiger partial charge on any atom is -0.497 e. The van der Waals surface area contributed by atoms with Gasteiger partial charge in [0.25, 0.3) is 5.91 Å². The number of rotatable bonds is 5. The Morgan fingerprint density at radius 2 is 1.93 bits per heavy atom. The topological polar surface area (TPSA) is 67.9 Å². The molecule has 0 aromatic heterocycles. The molecule has 0 aliphatic carbocycles. The number of methoxy groups -OCH3 is 2. The lowest BCUT2D eigenvalue weighted by atomic mass is 10.0. The van der Waals surface area contributed by atoms with E-state index in [1.54, 1.807) is 19.1 Å². The molecular formula is C21H24N2O4. The zero-order chi connectivity index (χ0) is 19.4. The van der Waals surface area contributed by atoms with E-state index in [1.165, 1.54) is 6.92 Å². The van der Waals surface area contributed by atoms with Crippen molar-refractivity contribution in [1.82, 2.24) is 10.2 Å². The van der Waals surface area contributed by atoms with Crippen LogP contribution in [-0.2, 0) is 4.79 Å². The fraction of sp³-hybridized carbons (Fsp3) is 0.333. The lowest BCUT2D eigenvalue weighted by molar-refractivity contribution is -0.119. The molecule has 142 valence electrons. The van der Waals surface area contributed by atoms with Crippen LogP contribution in [-0.4, -0.2) is 50.1 Å². The van der Waals surface area contributed by atoms with E-state index in [2.05, 4.69) is 5.32 Å². The van der Waals surface area contributed by atoms with Crippen molar-refractivity contribution in [2.75, 3.05) is 27.3 Å². The van der Waals surface area contributed by atoms with Crippen molar-refractivity contribution >= 4 is 11.8 Å². The molecular weight excluding hydrogens is 344 g/mol. The molecule has 1 atom stereocenters. The van der Waals surface area contributed by atoms with Crippen LogP contribution in [0.3, 0.4) is 0 Å². The van der Waals surface area contributed by atoms with Crippen LogP contribution >= 0.6 is 0 Å². The van der Waals surface area contributed by atoms with Crippen LogP contribution in [0.1, 0.15) is 23.7 Å². The average Bonchev–Trinajstić information content (AvgIpc) is 3.14. The number of hydrogen-bond donors (Lipinski definition) is 1. The first-order chi connectivity index (χ1) is 13.0. The molecule has 6 nitrogen and oxygen atoms in total. The maximum Gasteiger partial charge on any atom is 0.253 e. The number of nitrogens with one attached hydrogen (secondary N) is 1. The summed E-state index contributed by atoms with van der Waals surface area (Å²) < 4.78 is 10.7. The molecule has 0 radical (unpaired) electrons. The van der Waals surface area contributed by atoms with Crippen molar-refractivity contribution < 1.29 is 19.1 Å². The molecule has 2 aromatic carbocycles. The lowest BCUT2D eigenvalue weighted by Gasteiger charge is -2.18. The van der Waals surface area contributed by atoms with Gasteiger partial charge in [0.2, 0.25) is 5.91 Å². The Labute approximate surface area is 159 Å². The van der Waals surface area contributed by atoms with E-state index in [4.69, 9.17) is 9.47 Å². The minimum absolute atomic E-state index is 0.0244. The number of benzene rings is 2. The zero-order valence-electron chi connectivity index (χ0n) is 15.8. The van der Waals surface area contributed by atoms with Gasteiger partial charge < -0.3 is 19.7 Å². The number of carbonyl (C=O) groups is 2. The molecule has 2 amide bonds. The third kappa shape index (κ3) is 4.22. The molecule has 2 aromatic rings. The highest BCUT2D eigenvalue weighted by Gasteiger charge is 2.27. The summed E-state index contributed by atoms with van der Waals surface area (Å²) in [5, 5.41) is 2.88. The molecule has 0 spiro atoms. The second-order valence-electron chi connectivity index (χ2n) is 6.58. The van der Waals surface area contributed by atoms with Gasteiger partial charge in [0.05, 0.1) is 14.2 Å². The Kier molecular flexibility index (Phi) is 5.64. The van der Waals surface area contributed by atoms with Gasteiger partial charge in [-0.05, 0) is 36.2 Å². The molecule has 1 unspecified atom stereocenters. The Bertz CT molecular complexity index is 850. The summed E-state index contributed by atoms with van der Waals surface area (Å²) in [6.45, 7) is 2.67. The third-order valence-corrected chi connectivity index (χ3v) is 4.71. The second kappa shape index (κ2) is 8.12. The highest BCUT2D eigenvalue weighted by Crippen LogP contribution is 2.33. The number of amides is 2. The standard InChI is InChI=1S/C21H24N2O4/c1-14(24)22-17-9-10-23(13-17)21(25)16-6-4-5-15(11-16)19-8-7-18(26-2)12-20(19)27-3/h4-8,11-12,17H,9-10,13H2,1-3H3,(H,22,24).